The molecule has 2 atom stereocenters. The predicted molar refractivity (Wildman–Crippen MR) is 50.5 cm³/mol. The maximum atomic E-state index is 11.4. The van der Waals surface area contributed by atoms with Crippen LogP contribution >= 0.6 is 0 Å². The van der Waals surface area contributed by atoms with Crippen LogP contribution in [-0.4, -0.2) is 44.2 Å². The van der Waals surface area contributed by atoms with Gasteiger partial charge in [-0.1, -0.05) is 0 Å². The highest BCUT2D eigenvalue weighted by Gasteiger charge is 2.27. The Hall–Kier alpha value is -1.18. The normalized spacial score (nSPS) is 22.3. The second-order valence-corrected chi connectivity index (χ2v) is 3.19. The molecule has 0 spiro atoms. The van der Waals surface area contributed by atoms with E-state index in [2.05, 4.69) is 15.6 Å². The van der Waals surface area contributed by atoms with Crippen LogP contribution in [0.15, 0.2) is 0 Å². The van der Waals surface area contributed by atoms with Crippen molar-refractivity contribution in [2.45, 2.75) is 18.6 Å². The Balaban J connectivity index is 2.31. The lowest BCUT2D eigenvalue weighted by atomic mass is 10.2. The van der Waals surface area contributed by atoms with Gasteiger partial charge in [0.25, 0.3) is 5.91 Å². The molecule has 0 aromatic carbocycles. The number of nitrogens with one attached hydrogen (secondary N) is 2. The van der Waals surface area contributed by atoms with E-state index in [0.29, 0.717) is 0 Å². The van der Waals surface area contributed by atoms with Crippen molar-refractivity contribution in [3.8, 4) is 0 Å². The number of ether oxygens (including phenoxy) is 1. The van der Waals surface area contributed by atoms with Crippen molar-refractivity contribution in [2.75, 3.05) is 20.3 Å². The van der Waals surface area contributed by atoms with Crippen LogP contribution in [0.25, 0.3) is 0 Å². The Kier molecular flexibility index (Phi) is 4.47. The second kappa shape index (κ2) is 5.64. The van der Waals surface area contributed by atoms with Crippen LogP contribution in [0.3, 0.4) is 0 Å². The van der Waals surface area contributed by atoms with E-state index in [0.717, 1.165) is 0 Å². The molecule has 0 aromatic heterocycles. The summed E-state index contributed by atoms with van der Waals surface area (Å²) in [6.07, 6.45) is -0.188. The first kappa shape index (κ1) is 11.9. The van der Waals surface area contributed by atoms with Crippen molar-refractivity contribution in [3.63, 3.8) is 0 Å². The van der Waals surface area contributed by atoms with E-state index in [1.54, 1.807) is 0 Å². The first-order chi connectivity index (χ1) is 7.17. The summed E-state index contributed by atoms with van der Waals surface area (Å²) in [6.45, 7) is 0.405. The van der Waals surface area contributed by atoms with Crippen molar-refractivity contribution in [2.24, 2.45) is 5.73 Å². The molecule has 15 heavy (non-hydrogen) atoms. The minimum atomic E-state index is -0.618. The summed E-state index contributed by atoms with van der Waals surface area (Å²) in [7, 11) is 1.48. The first-order valence-electron chi connectivity index (χ1n) is 4.61. The molecule has 1 fully saturated rings. The third-order valence-corrected chi connectivity index (χ3v) is 2.08. The van der Waals surface area contributed by atoms with E-state index < -0.39 is 6.04 Å². The Labute approximate surface area is 87.2 Å². The van der Waals surface area contributed by atoms with Crippen LogP contribution < -0.4 is 16.5 Å². The Bertz CT molecular complexity index is 242. The zero-order valence-electron chi connectivity index (χ0n) is 8.49. The average molecular weight is 217 g/mol. The fraction of sp³-hybridized carbons (Fsp3) is 0.750. The topological polar surface area (TPSA) is 103 Å². The van der Waals surface area contributed by atoms with E-state index in [4.69, 9.17) is 10.5 Å². The quantitative estimate of drug-likeness (QED) is 0.489. The number of carbonyl (C=O) groups is 2. The largest absolute Gasteiger partial charge is 0.380 e. The molecule has 1 aliphatic heterocycles. The van der Waals surface area contributed by atoms with E-state index >= 15 is 0 Å². The van der Waals surface area contributed by atoms with Crippen LogP contribution in [0.5, 0.6) is 0 Å². The van der Waals surface area contributed by atoms with Gasteiger partial charge in [0.05, 0.1) is 12.5 Å². The van der Waals surface area contributed by atoms with Gasteiger partial charge in [-0.15, -0.1) is 0 Å². The minimum Gasteiger partial charge on any atom is -0.380 e. The highest BCUT2D eigenvalue weighted by atomic mass is 16.7. The van der Waals surface area contributed by atoms with Crippen molar-refractivity contribution in [1.82, 2.24) is 10.8 Å². The molecule has 2 amide bonds. The third kappa shape index (κ3) is 3.46. The van der Waals surface area contributed by atoms with Crippen LogP contribution in [0.2, 0.25) is 0 Å². The summed E-state index contributed by atoms with van der Waals surface area (Å²) in [5.41, 5.74) is 7.50. The fourth-order valence-electron chi connectivity index (χ4n) is 1.17. The maximum absolute atomic E-state index is 11.4. The van der Waals surface area contributed by atoms with Crippen LogP contribution in [-0.2, 0) is 19.2 Å². The number of rotatable bonds is 5. The number of amides is 2. The molecule has 1 unspecified atom stereocenters. The van der Waals surface area contributed by atoms with Gasteiger partial charge in [-0.25, -0.2) is 5.48 Å². The highest BCUT2D eigenvalue weighted by Crippen LogP contribution is 1.98. The van der Waals surface area contributed by atoms with Gasteiger partial charge in [-0.3, -0.25) is 14.4 Å². The summed E-state index contributed by atoms with van der Waals surface area (Å²) < 4.78 is 4.94. The molecule has 1 aliphatic rings. The Morgan fingerprint density at radius 3 is 3.07 bits per heavy atom. The standard InChI is InChI=1S/C8H15N3O4/c1-14-5(3-9)2-7(12)10-6-4-15-11-8(6)13/h5-6H,2-4,9H2,1H3,(H,10,12)(H,11,13)/t5?,6-/m1/s1. The number of nitrogens with two attached hydrogens (primary N) is 1. The minimum absolute atomic E-state index is 0.136. The SMILES string of the molecule is COC(CN)CC(=O)N[C@@H]1CONC1=O. The molecule has 1 rings (SSSR count). The van der Waals surface area contributed by atoms with Crippen LogP contribution in [0.1, 0.15) is 6.42 Å². The summed E-state index contributed by atoms with van der Waals surface area (Å²) in [6, 6.07) is -0.618. The lowest BCUT2D eigenvalue weighted by molar-refractivity contribution is -0.129. The number of methoxy groups -OCH3 is 1. The molecule has 0 bridgehead atoms. The van der Waals surface area contributed by atoms with E-state index in [-0.39, 0.29) is 37.5 Å². The lowest BCUT2D eigenvalue weighted by Crippen LogP contribution is -2.43. The van der Waals surface area contributed by atoms with E-state index in [1.807, 2.05) is 0 Å². The predicted octanol–water partition coefficient (Wildman–Crippen LogP) is -2.10. The molecular weight excluding hydrogens is 202 g/mol. The summed E-state index contributed by atoms with van der Waals surface area (Å²) >= 11 is 0. The summed E-state index contributed by atoms with van der Waals surface area (Å²) in [5.74, 6) is -0.622. The number of carbonyl (C=O) groups excluding carboxylic acids is 2. The molecule has 1 saturated heterocycles. The van der Waals surface area contributed by atoms with E-state index in [9.17, 15) is 9.59 Å². The molecule has 7 heteroatoms. The van der Waals surface area contributed by atoms with Crippen molar-refractivity contribution in [1.29, 1.82) is 0 Å². The van der Waals surface area contributed by atoms with Crippen LogP contribution in [0, 0.1) is 0 Å². The number of hydroxylamine groups is 1. The monoisotopic (exact) mass is 217 g/mol. The van der Waals surface area contributed by atoms with Crippen LogP contribution in [0.4, 0.5) is 0 Å². The van der Waals surface area contributed by atoms with Gasteiger partial charge >= 0.3 is 0 Å². The van der Waals surface area contributed by atoms with Gasteiger partial charge in [0.1, 0.15) is 12.6 Å². The third-order valence-electron chi connectivity index (χ3n) is 2.08. The maximum Gasteiger partial charge on any atom is 0.268 e. The average Bonchev–Trinajstić information content (AvgIpc) is 2.61. The molecule has 0 saturated carbocycles. The summed E-state index contributed by atoms with van der Waals surface area (Å²) in [5, 5.41) is 2.52. The second-order valence-electron chi connectivity index (χ2n) is 3.19. The lowest BCUT2D eigenvalue weighted by Gasteiger charge is -2.13. The van der Waals surface area contributed by atoms with Gasteiger partial charge < -0.3 is 15.8 Å². The fourth-order valence-corrected chi connectivity index (χ4v) is 1.17. The number of hydrogen-bond acceptors (Lipinski definition) is 5. The van der Waals surface area contributed by atoms with Gasteiger partial charge in [0.15, 0.2) is 0 Å². The molecule has 1 heterocycles. The van der Waals surface area contributed by atoms with E-state index in [1.165, 1.54) is 7.11 Å². The zero-order chi connectivity index (χ0) is 11.3. The molecule has 7 nitrogen and oxygen atoms in total. The van der Waals surface area contributed by atoms with Gasteiger partial charge in [0, 0.05) is 13.7 Å². The van der Waals surface area contributed by atoms with Crippen molar-refractivity contribution >= 4 is 11.8 Å². The zero-order valence-corrected chi connectivity index (χ0v) is 8.49. The first-order valence-corrected chi connectivity index (χ1v) is 4.61. The molecular formula is C8H15N3O4. The molecule has 0 aliphatic carbocycles. The molecule has 0 aromatic rings. The Morgan fingerprint density at radius 1 is 1.87 bits per heavy atom. The number of hydrogen-bond donors (Lipinski definition) is 3. The smallest absolute Gasteiger partial charge is 0.268 e. The summed E-state index contributed by atoms with van der Waals surface area (Å²) in [4.78, 5) is 27.1. The molecule has 4 N–H and O–H groups in total. The van der Waals surface area contributed by atoms with Gasteiger partial charge in [-0.2, -0.15) is 0 Å². The molecule has 0 radical (unpaired) electrons. The van der Waals surface area contributed by atoms with Gasteiger partial charge in [-0.05, 0) is 0 Å². The van der Waals surface area contributed by atoms with Crippen molar-refractivity contribution < 1.29 is 19.2 Å². The molecule has 86 valence electrons. The van der Waals surface area contributed by atoms with Gasteiger partial charge in [0.2, 0.25) is 5.91 Å². The Morgan fingerprint density at radius 2 is 2.60 bits per heavy atom. The highest BCUT2D eigenvalue weighted by molar-refractivity contribution is 5.88. The van der Waals surface area contributed by atoms with Crippen molar-refractivity contribution in [3.05, 3.63) is 0 Å².